The number of hydrogen-bond acceptors (Lipinski definition) is 3. The molecule has 0 radical (unpaired) electrons. The number of aliphatic hydroxyl groups excluding tert-OH is 1. The standard InChI is InChI=1S/C19H20ClN3OS.HI/c1-21-19(22-11-13-6-8-15(20)9-7-13)23-12-16(24)18-10-14-4-2-3-5-17(14)25-18;/h2-10,16,24H,11-12H2,1H3,(H2,21,22,23);1H. The smallest absolute Gasteiger partial charge is 0.191 e. The third kappa shape index (κ3) is 5.57. The average Bonchev–Trinajstić information content (AvgIpc) is 3.07. The van der Waals surface area contributed by atoms with E-state index in [1.54, 1.807) is 18.4 Å². The highest BCUT2D eigenvalue weighted by molar-refractivity contribution is 14.0. The average molecular weight is 502 g/mol. The van der Waals surface area contributed by atoms with Crippen molar-refractivity contribution in [1.82, 2.24) is 10.6 Å². The normalized spacial score (nSPS) is 12.5. The Morgan fingerprint density at radius 3 is 2.58 bits per heavy atom. The molecule has 4 nitrogen and oxygen atoms in total. The Balaban J connectivity index is 0.00000243. The minimum absolute atomic E-state index is 0. The molecule has 0 bridgehead atoms. The molecule has 0 fully saturated rings. The van der Waals surface area contributed by atoms with E-state index < -0.39 is 6.10 Å². The molecular weight excluding hydrogens is 481 g/mol. The molecule has 3 N–H and O–H groups in total. The fraction of sp³-hybridized carbons (Fsp3) is 0.211. The van der Waals surface area contributed by atoms with Crippen LogP contribution >= 0.6 is 46.9 Å². The molecule has 0 amide bonds. The Labute approximate surface area is 179 Å². The van der Waals surface area contributed by atoms with Gasteiger partial charge in [-0.15, -0.1) is 35.3 Å². The van der Waals surface area contributed by atoms with Gasteiger partial charge < -0.3 is 15.7 Å². The van der Waals surface area contributed by atoms with Crippen molar-refractivity contribution in [2.75, 3.05) is 13.6 Å². The summed E-state index contributed by atoms with van der Waals surface area (Å²) in [5.74, 6) is 0.648. The number of aliphatic imine (C=N–C) groups is 1. The zero-order valence-electron chi connectivity index (χ0n) is 14.3. The van der Waals surface area contributed by atoms with Gasteiger partial charge in [-0.25, -0.2) is 0 Å². The number of hydrogen-bond donors (Lipinski definition) is 3. The van der Waals surface area contributed by atoms with Gasteiger partial charge in [-0.2, -0.15) is 0 Å². The second kappa shape index (κ2) is 10.1. The summed E-state index contributed by atoms with van der Waals surface area (Å²) in [6, 6.07) is 17.8. The van der Waals surface area contributed by atoms with E-state index in [-0.39, 0.29) is 24.0 Å². The van der Waals surface area contributed by atoms with Gasteiger partial charge in [0, 0.05) is 34.7 Å². The molecule has 26 heavy (non-hydrogen) atoms. The first-order valence-electron chi connectivity index (χ1n) is 8.01. The first-order chi connectivity index (χ1) is 12.2. The number of fused-ring (bicyclic) bond motifs is 1. The molecule has 0 aliphatic heterocycles. The van der Waals surface area contributed by atoms with Crippen LogP contribution in [0.15, 0.2) is 59.6 Å². The Hall–Kier alpha value is -1.35. The number of rotatable bonds is 5. The molecule has 1 unspecified atom stereocenters. The van der Waals surface area contributed by atoms with Crippen LogP contribution in [0.25, 0.3) is 10.1 Å². The van der Waals surface area contributed by atoms with E-state index in [9.17, 15) is 5.11 Å². The summed E-state index contributed by atoms with van der Waals surface area (Å²) in [7, 11) is 1.71. The molecule has 7 heteroatoms. The number of nitrogens with zero attached hydrogens (tertiary/aromatic N) is 1. The number of aliphatic hydroxyl groups is 1. The van der Waals surface area contributed by atoms with Crippen LogP contribution in [0.4, 0.5) is 0 Å². The summed E-state index contributed by atoms with van der Waals surface area (Å²) in [5, 5.41) is 18.7. The van der Waals surface area contributed by atoms with Gasteiger partial charge in [-0.05, 0) is 35.2 Å². The Bertz CT molecular complexity index is 834. The molecule has 138 valence electrons. The van der Waals surface area contributed by atoms with Crippen LogP contribution in [0.3, 0.4) is 0 Å². The van der Waals surface area contributed by atoms with Crippen LogP contribution in [-0.2, 0) is 6.54 Å². The van der Waals surface area contributed by atoms with Gasteiger partial charge in [0.2, 0.25) is 0 Å². The summed E-state index contributed by atoms with van der Waals surface area (Å²) in [4.78, 5) is 5.14. The topological polar surface area (TPSA) is 56.7 Å². The van der Waals surface area contributed by atoms with Gasteiger partial charge in [0.15, 0.2) is 5.96 Å². The predicted molar refractivity (Wildman–Crippen MR) is 122 cm³/mol. The highest BCUT2D eigenvalue weighted by Crippen LogP contribution is 2.29. The van der Waals surface area contributed by atoms with E-state index in [1.807, 2.05) is 42.5 Å². The number of thiophene rings is 1. The monoisotopic (exact) mass is 501 g/mol. The summed E-state index contributed by atoms with van der Waals surface area (Å²) in [6.07, 6.45) is -0.577. The third-order valence-corrected chi connectivity index (χ3v) is 5.30. The van der Waals surface area contributed by atoms with E-state index in [4.69, 9.17) is 11.6 Å². The lowest BCUT2D eigenvalue weighted by atomic mass is 10.2. The van der Waals surface area contributed by atoms with Crippen molar-refractivity contribution in [3.63, 3.8) is 0 Å². The van der Waals surface area contributed by atoms with E-state index >= 15 is 0 Å². The largest absolute Gasteiger partial charge is 0.386 e. The first kappa shape index (κ1) is 21.0. The van der Waals surface area contributed by atoms with Gasteiger partial charge >= 0.3 is 0 Å². The molecule has 2 aromatic carbocycles. The van der Waals surface area contributed by atoms with Crippen molar-refractivity contribution in [2.45, 2.75) is 12.6 Å². The van der Waals surface area contributed by atoms with Crippen molar-refractivity contribution >= 4 is 63.0 Å². The van der Waals surface area contributed by atoms with Crippen LogP contribution in [0.5, 0.6) is 0 Å². The van der Waals surface area contributed by atoms with Gasteiger partial charge in [0.1, 0.15) is 6.10 Å². The maximum atomic E-state index is 10.4. The number of benzene rings is 2. The quantitative estimate of drug-likeness (QED) is 0.273. The maximum absolute atomic E-state index is 10.4. The maximum Gasteiger partial charge on any atom is 0.191 e. The number of halogens is 2. The number of nitrogens with one attached hydrogen (secondary N) is 2. The lowest BCUT2D eigenvalue weighted by molar-refractivity contribution is 0.184. The van der Waals surface area contributed by atoms with Crippen molar-refractivity contribution in [3.05, 3.63) is 70.1 Å². The summed E-state index contributed by atoms with van der Waals surface area (Å²) in [6.45, 7) is 1.03. The summed E-state index contributed by atoms with van der Waals surface area (Å²) >= 11 is 7.50. The molecular formula is C19H21ClIN3OS. The number of guanidine groups is 1. The second-order valence-corrected chi connectivity index (χ2v) is 7.19. The van der Waals surface area contributed by atoms with Crippen LogP contribution in [0, 0.1) is 0 Å². The molecule has 1 heterocycles. The molecule has 0 aliphatic carbocycles. The second-order valence-electron chi connectivity index (χ2n) is 5.64. The third-order valence-electron chi connectivity index (χ3n) is 3.83. The minimum atomic E-state index is -0.577. The van der Waals surface area contributed by atoms with Gasteiger partial charge in [-0.1, -0.05) is 41.9 Å². The molecule has 3 rings (SSSR count). The molecule has 0 aliphatic rings. The fourth-order valence-corrected chi connectivity index (χ4v) is 3.65. The van der Waals surface area contributed by atoms with Gasteiger partial charge in [-0.3, -0.25) is 4.99 Å². The van der Waals surface area contributed by atoms with Crippen LogP contribution in [0.2, 0.25) is 5.02 Å². The van der Waals surface area contributed by atoms with Crippen LogP contribution in [0.1, 0.15) is 16.5 Å². The van der Waals surface area contributed by atoms with E-state index in [1.165, 1.54) is 4.70 Å². The Morgan fingerprint density at radius 2 is 1.88 bits per heavy atom. The zero-order valence-corrected chi connectivity index (χ0v) is 18.2. The first-order valence-corrected chi connectivity index (χ1v) is 9.20. The van der Waals surface area contributed by atoms with Crippen molar-refractivity contribution < 1.29 is 5.11 Å². The zero-order chi connectivity index (χ0) is 17.6. The summed E-state index contributed by atoms with van der Waals surface area (Å²) in [5.41, 5.74) is 1.11. The van der Waals surface area contributed by atoms with Crippen LogP contribution in [-0.4, -0.2) is 24.7 Å². The molecule has 0 spiro atoms. The lowest BCUT2D eigenvalue weighted by Crippen LogP contribution is -2.38. The highest BCUT2D eigenvalue weighted by atomic mass is 127. The predicted octanol–water partition coefficient (Wildman–Crippen LogP) is 4.57. The van der Waals surface area contributed by atoms with E-state index in [0.717, 1.165) is 20.8 Å². The molecule has 0 saturated heterocycles. The lowest BCUT2D eigenvalue weighted by Gasteiger charge is -2.14. The Morgan fingerprint density at radius 1 is 1.15 bits per heavy atom. The Kier molecular flexibility index (Phi) is 8.15. The SMILES string of the molecule is CN=C(NCc1ccc(Cl)cc1)NCC(O)c1cc2ccccc2s1.I. The van der Waals surface area contributed by atoms with Gasteiger partial charge in [0.05, 0.1) is 0 Å². The minimum Gasteiger partial charge on any atom is -0.386 e. The van der Waals surface area contributed by atoms with Gasteiger partial charge in [0.25, 0.3) is 0 Å². The molecule has 1 atom stereocenters. The summed E-state index contributed by atoms with van der Waals surface area (Å²) < 4.78 is 1.18. The molecule has 0 saturated carbocycles. The highest BCUT2D eigenvalue weighted by Gasteiger charge is 2.12. The van der Waals surface area contributed by atoms with E-state index in [0.29, 0.717) is 19.0 Å². The fourth-order valence-electron chi connectivity index (χ4n) is 2.47. The van der Waals surface area contributed by atoms with Crippen molar-refractivity contribution in [1.29, 1.82) is 0 Å². The van der Waals surface area contributed by atoms with E-state index in [2.05, 4.69) is 27.8 Å². The molecule has 1 aromatic heterocycles. The van der Waals surface area contributed by atoms with Crippen molar-refractivity contribution in [2.24, 2.45) is 4.99 Å². The molecule has 3 aromatic rings. The van der Waals surface area contributed by atoms with Crippen molar-refractivity contribution in [3.8, 4) is 0 Å². The van der Waals surface area contributed by atoms with Crippen LogP contribution < -0.4 is 10.6 Å².